The highest BCUT2D eigenvalue weighted by Gasteiger charge is 2.32. The summed E-state index contributed by atoms with van der Waals surface area (Å²) in [6, 6.07) is 0. The zero-order chi connectivity index (χ0) is 6.91. The lowest BCUT2D eigenvalue weighted by Crippen LogP contribution is -2.33. The van der Waals surface area contributed by atoms with Crippen molar-refractivity contribution in [2.24, 2.45) is 0 Å². The van der Waals surface area contributed by atoms with Gasteiger partial charge in [-0.25, -0.2) is 11.9 Å². The lowest BCUT2D eigenvalue weighted by Gasteiger charge is -2.26. The van der Waals surface area contributed by atoms with Gasteiger partial charge in [-0.3, -0.25) is 0 Å². The van der Waals surface area contributed by atoms with Crippen molar-refractivity contribution in [2.45, 2.75) is 18.8 Å². The maximum atomic E-state index is 12.3. The Hall–Kier alpha value is 0.550. The average Bonchev–Trinajstić information content (AvgIpc) is 1.78. The Morgan fingerprint density at radius 1 is 1.22 bits per heavy atom. The smallest absolute Gasteiger partial charge is 0.247 e. The Labute approximate surface area is 66.9 Å². The molecule has 0 bridgehead atoms. The highest BCUT2D eigenvalue weighted by Crippen LogP contribution is 2.28. The molecule has 0 spiro atoms. The summed E-state index contributed by atoms with van der Waals surface area (Å²) >= 11 is 2.07. The molecule has 0 aliphatic carbocycles. The van der Waals surface area contributed by atoms with Crippen LogP contribution in [-0.4, -0.2) is 22.1 Å². The van der Waals surface area contributed by atoms with Crippen molar-refractivity contribution >= 4 is 22.9 Å². The van der Waals surface area contributed by atoms with Gasteiger partial charge >= 0.3 is 0 Å². The van der Waals surface area contributed by atoms with E-state index < -0.39 is 5.92 Å². The van der Waals surface area contributed by atoms with Crippen molar-refractivity contribution in [1.29, 1.82) is 0 Å². The van der Waals surface area contributed by atoms with E-state index in [1.807, 2.05) is 3.11 Å². The van der Waals surface area contributed by atoms with Crippen LogP contribution >= 0.6 is 22.9 Å². The van der Waals surface area contributed by atoms with Gasteiger partial charge in [-0.1, -0.05) is 0 Å². The molecule has 0 aromatic rings. The summed E-state index contributed by atoms with van der Waals surface area (Å²) < 4.78 is 26.6. The highest BCUT2D eigenvalue weighted by molar-refractivity contribution is 14.1. The molecule has 1 aliphatic rings. The maximum Gasteiger partial charge on any atom is 0.250 e. The quantitative estimate of drug-likeness (QED) is 0.468. The predicted octanol–water partition coefficient (Wildman–Crippen LogP) is 2.07. The van der Waals surface area contributed by atoms with Crippen LogP contribution in [0.4, 0.5) is 8.78 Å². The van der Waals surface area contributed by atoms with E-state index in [4.69, 9.17) is 0 Å². The molecule has 54 valence electrons. The Bertz CT molecular complexity index is 97.1. The second-order valence-electron chi connectivity index (χ2n) is 2.27. The number of nitrogens with zero attached hydrogens (tertiary/aromatic N) is 1. The van der Waals surface area contributed by atoms with Gasteiger partial charge in [0.05, 0.1) is 0 Å². The minimum Gasteiger partial charge on any atom is -0.247 e. The van der Waals surface area contributed by atoms with E-state index in [9.17, 15) is 8.78 Å². The summed E-state index contributed by atoms with van der Waals surface area (Å²) in [5.74, 6) is -2.39. The number of piperidine rings is 1. The van der Waals surface area contributed by atoms with Gasteiger partial charge in [0, 0.05) is 48.8 Å². The number of halogens is 3. The van der Waals surface area contributed by atoms with Crippen LogP contribution in [0.2, 0.25) is 0 Å². The van der Waals surface area contributed by atoms with Gasteiger partial charge in [0.1, 0.15) is 0 Å². The van der Waals surface area contributed by atoms with Gasteiger partial charge < -0.3 is 0 Å². The second-order valence-corrected chi connectivity index (χ2v) is 3.63. The molecule has 0 atom stereocenters. The Balaban J connectivity index is 2.35. The average molecular weight is 247 g/mol. The summed E-state index contributed by atoms with van der Waals surface area (Å²) in [7, 11) is 0. The minimum atomic E-state index is -2.39. The Kier molecular flexibility index (Phi) is 2.26. The van der Waals surface area contributed by atoms with Crippen LogP contribution in [0, 0.1) is 0 Å². The number of hydrogen-bond acceptors (Lipinski definition) is 1. The van der Waals surface area contributed by atoms with Gasteiger partial charge in [0.25, 0.3) is 5.92 Å². The highest BCUT2D eigenvalue weighted by atomic mass is 127. The largest absolute Gasteiger partial charge is 0.250 e. The van der Waals surface area contributed by atoms with E-state index in [1.165, 1.54) is 0 Å². The zero-order valence-electron chi connectivity index (χ0n) is 4.91. The standard InChI is InChI=1S/C5H8F2IN/c6-5(7)1-3-9(8)4-2-5/h1-4H2. The van der Waals surface area contributed by atoms with Crippen molar-refractivity contribution in [3.63, 3.8) is 0 Å². The first-order valence-electron chi connectivity index (χ1n) is 2.89. The molecule has 1 fully saturated rings. The first-order valence-corrected chi connectivity index (χ1v) is 3.85. The monoisotopic (exact) mass is 247 g/mol. The summed E-state index contributed by atoms with van der Waals surface area (Å²) in [6.45, 7) is 1.04. The van der Waals surface area contributed by atoms with Crippen molar-refractivity contribution in [2.75, 3.05) is 13.1 Å². The topological polar surface area (TPSA) is 3.24 Å². The van der Waals surface area contributed by atoms with Crippen molar-refractivity contribution in [3.05, 3.63) is 0 Å². The molecule has 1 aliphatic heterocycles. The molecule has 9 heavy (non-hydrogen) atoms. The van der Waals surface area contributed by atoms with Crippen molar-refractivity contribution < 1.29 is 8.78 Å². The fourth-order valence-corrected chi connectivity index (χ4v) is 1.29. The normalized spacial score (nSPS) is 28.3. The van der Waals surface area contributed by atoms with Crippen LogP contribution in [0.15, 0.2) is 0 Å². The molecule has 1 heterocycles. The van der Waals surface area contributed by atoms with E-state index in [-0.39, 0.29) is 12.8 Å². The van der Waals surface area contributed by atoms with Crippen LogP contribution in [0.5, 0.6) is 0 Å². The molecule has 1 nitrogen and oxygen atoms in total. The van der Waals surface area contributed by atoms with Crippen LogP contribution in [0.3, 0.4) is 0 Å². The molecule has 0 aromatic carbocycles. The molecule has 1 rings (SSSR count). The molecule has 0 aromatic heterocycles. The van der Waals surface area contributed by atoms with Gasteiger partial charge in [0.15, 0.2) is 0 Å². The molecule has 0 N–H and O–H groups in total. The van der Waals surface area contributed by atoms with Crippen LogP contribution in [0.25, 0.3) is 0 Å². The SMILES string of the molecule is FC1(F)CCN(I)CC1. The minimum absolute atomic E-state index is 0.0237. The second kappa shape index (κ2) is 2.65. The first-order chi connectivity index (χ1) is 4.10. The van der Waals surface area contributed by atoms with Gasteiger partial charge in [-0.15, -0.1) is 0 Å². The fourth-order valence-electron chi connectivity index (χ4n) is 0.807. The van der Waals surface area contributed by atoms with Crippen LogP contribution in [0.1, 0.15) is 12.8 Å². The molecule has 0 amide bonds. The summed E-state index contributed by atoms with van der Waals surface area (Å²) in [5.41, 5.74) is 0. The molecule has 4 heteroatoms. The van der Waals surface area contributed by atoms with Crippen molar-refractivity contribution in [1.82, 2.24) is 3.11 Å². The summed E-state index contributed by atoms with van der Waals surface area (Å²) in [5, 5.41) is 0. The van der Waals surface area contributed by atoms with E-state index in [2.05, 4.69) is 22.9 Å². The third-order valence-corrected chi connectivity index (χ3v) is 2.41. The summed E-state index contributed by atoms with van der Waals surface area (Å²) in [6.07, 6.45) is 0.0475. The van der Waals surface area contributed by atoms with E-state index in [1.54, 1.807) is 0 Å². The molecule has 0 saturated carbocycles. The molecule has 0 radical (unpaired) electrons. The predicted molar refractivity (Wildman–Crippen MR) is 39.8 cm³/mol. The van der Waals surface area contributed by atoms with Gasteiger partial charge in [0.2, 0.25) is 0 Å². The lowest BCUT2D eigenvalue weighted by atomic mass is 10.1. The fraction of sp³-hybridized carbons (Fsp3) is 1.00. The zero-order valence-corrected chi connectivity index (χ0v) is 7.07. The van der Waals surface area contributed by atoms with Gasteiger partial charge in [-0.05, 0) is 0 Å². The third kappa shape index (κ3) is 2.33. The van der Waals surface area contributed by atoms with Gasteiger partial charge in [-0.2, -0.15) is 0 Å². The first kappa shape index (κ1) is 7.65. The summed E-state index contributed by atoms with van der Waals surface area (Å²) in [4.78, 5) is 0. The third-order valence-electron chi connectivity index (χ3n) is 1.44. The number of alkyl halides is 2. The molecule has 0 unspecified atom stereocenters. The number of hydrogen-bond donors (Lipinski definition) is 0. The van der Waals surface area contributed by atoms with Crippen LogP contribution in [-0.2, 0) is 0 Å². The van der Waals surface area contributed by atoms with Crippen molar-refractivity contribution in [3.8, 4) is 0 Å². The maximum absolute atomic E-state index is 12.3. The lowest BCUT2D eigenvalue weighted by molar-refractivity contribution is -0.0374. The molecular formula is C5H8F2IN. The molecule has 1 saturated heterocycles. The Morgan fingerprint density at radius 3 is 2.00 bits per heavy atom. The Morgan fingerprint density at radius 2 is 1.67 bits per heavy atom. The number of rotatable bonds is 0. The van der Waals surface area contributed by atoms with E-state index in [0.29, 0.717) is 13.1 Å². The van der Waals surface area contributed by atoms with E-state index >= 15 is 0 Å². The molecular weight excluding hydrogens is 239 g/mol. The van der Waals surface area contributed by atoms with Crippen LogP contribution < -0.4 is 0 Å². The van der Waals surface area contributed by atoms with E-state index in [0.717, 1.165) is 0 Å².